The first-order valence-corrected chi connectivity index (χ1v) is 7.59. The molecule has 1 heterocycles. The molecule has 1 aromatic rings. The molecule has 1 fully saturated rings. The Labute approximate surface area is 138 Å². The van der Waals surface area contributed by atoms with E-state index in [0.717, 1.165) is 0 Å². The average Bonchev–Trinajstić information content (AvgIpc) is 2.74. The zero-order valence-corrected chi connectivity index (χ0v) is 14.4. The maximum absolute atomic E-state index is 11.6. The van der Waals surface area contributed by atoms with E-state index in [-0.39, 0.29) is 5.70 Å². The molecule has 0 spiro atoms. The zero-order chi connectivity index (χ0) is 15.6. The van der Waals surface area contributed by atoms with Crippen LogP contribution in [0.3, 0.4) is 0 Å². The topological polar surface area (TPSA) is 76.7 Å². The molecular formula is C13H12Br2N2O4. The largest absolute Gasteiger partial charge is 0.492 e. The van der Waals surface area contributed by atoms with Gasteiger partial charge in [-0.15, -0.1) is 0 Å². The molecule has 3 amide bonds. The zero-order valence-electron chi connectivity index (χ0n) is 11.3. The average molecular weight is 420 g/mol. The molecule has 0 atom stereocenters. The van der Waals surface area contributed by atoms with Crippen molar-refractivity contribution in [2.75, 3.05) is 13.7 Å². The molecule has 0 bridgehead atoms. The highest BCUT2D eigenvalue weighted by Gasteiger charge is 2.24. The van der Waals surface area contributed by atoms with Crippen LogP contribution in [0.4, 0.5) is 4.79 Å². The number of rotatable bonds is 4. The van der Waals surface area contributed by atoms with Gasteiger partial charge in [0.2, 0.25) is 0 Å². The van der Waals surface area contributed by atoms with Crippen LogP contribution in [0.1, 0.15) is 12.5 Å². The Hall–Kier alpha value is -1.54. The van der Waals surface area contributed by atoms with Crippen LogP contribution in [0.2, 0.25) is 0 Å². The summed E-state index contributed by atoms with van der Waals surface area (Å²) in [5.41, 5.74) is 0.832. The van der Waals surface area contributed by atoms with Crippen LogP contribution < -0.4 is 20.1 Å². The fraction of sp³-hybridized carbons (Fsp3) is 0.231. The molecule has 1 aromatic carbocycles. The summed E-state index contributed by atoms with van der Waals surface area (Å²) in [7, 11) is 1.54. The minimum atomic E-state index is -0.542. The number of ether oxygens (including phenoxy) is 2. The number of methoxy groups -OCH3 is 1. The lowest BCUT2D eigenvalue weighted by Crippen LogP contribution is -2.22. The fourth-order valence-electron chi connectivity index (χ4n) is 1.80. The van der Waals surface area contributed by atoms with Crippen molar-refractivity contribution in [1.29, 1.82) is 0 Å². The highest BCUT2D eigenvalue weighted by atomic mass is 79.9. The van der Waals surface area contributed by atoms with E-state index >= 15 is 0 Å². The number of amides is 3. The van der Waals surface area contributed by atoms with Crippen molar-refractivity contribution >= 4 is 49.9 Å². The lowest BCUT2D eigenvalue weighted by atomic mass is 10.1. The predicted molar refractivity (Wildman–Crippen MR) is 84.2 cm³/mol. The number of hydrogen-bond donors (Lipinski definition) is 2. The Morgan fingerprint density at radius 2 is 1.95 bits per heavy atom. The molecule has 0 aliphatic carbocycles. The Morgan fingerprint density at radius 1 is 1.24 bits per heavy atom. The normalized spacial score (nSPS) is 15.9. The van der Waals surface area contributed by atoms with Gasteiger partial charge in [0.15, 0.2) is 11.5 Å². The van der Waals surface area contributed by atoms with Gasteiger partial charge in [-0.1, -0.05) is 0 Å². The van der Waals surface area contributed by atoms with Gasteiger partial charge >= 0.3 is 6.03 Å². The summed E-state index contributed by atoms with van der Waals surface area (Å²) >= 11 is 6.85. The van der Waals surface area contributed by atoms with Gasteiger partial charge in [-0.25, -0.2) is 4.79 Å². The van der Waals surface area contributed by atoms with Crippen LogP contribution in [0.25, 0.3) is 6.08 Å². The number of carbonyl (C=O) groups excluding carboxylic acids is 2. The lowest BCUT2D eigenvalue weighted by Gasteiger charge is -2.14. The van der Waals surface area contributed by atoms with Crippen LogP contribution in [0, 0.1) is 0 Å². The third kappa shape index (κ3) is 3.21. The maximum Gasteiger partial charge on any atom is 0.326 e. The molecule has 21 heavy (non-hydrogen) atoms. The Bertz CT molecular complexity index is 644. The molecule has 0 unspecified atom stereocenters. The number of nitrogens with one attached hydrogen (secondary N) is 2. The van der Waals surface area contributed by atoms with Gasteiger partial charge in [0.25, 0.3) is 5.91 Å². The molecular weight excluding hydrogens is 408 g/mol. The summed E-state index contributed by atoms with van der Waals surface area (Å²) in [5.74, 6) is 0.606. The van der Waals surface area contributed by atoms with E-state index in [1.54, 1.807) is 12.1 Å². The molecule has 112 valence electrons. The molecule has 1 saturated heterocycles. The molecule has 0 radical (unpaired) electrons. The second-order valence-electron chi connectivity index (χ2n) is 4.02. The molecule has 6 nitrogen and oxygen atoms in total. The summed E-state index contributed by atoms with van der Waals surface area (Å²) in [4.78, 5) is 22.7. The standard InChI is InChI=1S/C13H12Br2N2O4/c1-3-21-8-5-6(9(14)10(15)11(8)20-2)4-7-12(18)17-13(19)16-7/h4-5H,3H2,1-2H3,(H2,16,17,18,19). The van der Waals surface area contributed by atoms with Gasteiger partial charge in [0, 0.05) is 4.47 Å². The third-order valence-electron chi connectivity index (χ3n) is 2.68. The molecule has 2 rings (SSSR count). The summed E-state index contributed by atoms with van der Waals surface area (Å²) < 4.78 is 12.2. The van der Waals surface area contributed by atoms with Crippen LogP contribution >= 0.6 is 31.9 Å². The van der Waals surface area contributed by atoms with Gasteiger partial charge in [-0.05, 0) is 56.5 Å². The number of imide groups is 1. The van der Waals surface area contributed by atoms with E-state index in [2.05, 4.69) is 42.5 Å². The van der Waals surface area contributed by atoms with Crippen molar-refractivity contribution in [3.8, 4) is 11.5 Å². The minimum absolute atomic E-state index is 0.167. The first-order chi connectivity index (χ1) is 9.97. The second kappa shape index (κ2) is 6.48. The van der Waals surface area contributed by atoms with Crippen molar-refractivity contribution in [3.63, 3.8) is 0 Å². The smallest absolute Gasteiger partial charge is 0.326 e. The van der Waals surface area contributed by atoms with Gasteiger partial charge in [0.1, 0.15) is 5.70 Å². The highest BCUT2D eigenvalue weighted by Crippen LogP contribution is 2.43. The van der Waals surface area contributed by atoms with E-state index in [1.807, 2.05) is 6.92 Å². The number of carbonyl (C=O) groups is 2. The van der Waals surface area contributed by atoms with Crippen LogP contribution in [0.15, 0.2) is 20.7 Å². The van der Waals surface area contributed by atoms with Crippen LogP contribution in [0.5, 0.6) is 11.5 Å². The van der Waals surface area contributed by atoms with Crippen LogP contribution in [-0.4, -0.2) is 25.7 Å². The van der Waals surface area contributed by atoms with Crippen molar-refractivity contribution in [2.45, 2.75) is 6.92 Å². The van der Waals surface area contributed by atoms with E-state index < -0.39 is 11.9 Å². The monoisotopic (exact) mass is 418 g/mol. The van der Waals surface area contributed by atoms with Gasteiger partial charge in [-0.2, -0.15) is 0 Å². The first kappa shape index (κ1) is 15.8. The minimum Gasteiger partial charge on any atom is -0.492 e. The second-order valence-corrected chi connectivity index (χ2v) is 5.61. The first-order valence-electron chi connectivity index (χ1n) is 6.00. The van der Waals surface area contributed by atoms with Gasteiger partial charge in [0.05, 0.1) is 18.2 Å². The van der Waals surface area contributed by atoms with E-state index in [1.165, 1.54) is 7.11 Å². The van der Waals surface area contributed by atoms with Crippen LogP contribution in [-0.2, 0) is 4.79 Å². The third-order valence-corrected chi connectivity index (χ3v) is 4.82. The molecule has 2 N–H and O–H groups in total. The maximum atomic E-state index is 11.6. The quantitative estimate of drug-likeness (QED) is 0.581. The predicted octanol–water partition coefficient (Wildman–Crippen LogP) is 2.80. The fourth-order valence-corrected chi connectivity index (χ4v) is 2.80. The summed E-state index contributed by atoms with van der Waals surface area (Å²) in [6, 6.07) is 1.18. The summed E-state index contributed by atoms with van der Waals surface area (Å²) in [6.45, 7) is 2.33. The van der Waals surface area contributed by atoms with Crippen molar-refractivity contribution in [2.24, 2.45) is 0 Å². The number of urea groups is 1. The Kier molecular flexibility index (Phi) is 4.89. The Balaban J connectivity index is 2.52. The molecule has 1 aliphatic rings. The SMILES string of the molecule is CCOc1cc(C=C2NC(=O)NC2=O)c(Br)c(Br)c1OC. The van der Waals surface area contributed by atoms with Crippen molar-refractivity contribution in [1.82, 2.24) is 10.6 Å². The number of halogens is 2. The number of benzene rings is 1. The summed E-state index contributed by atoms with van der Waals surface area (Å²) in [5, 5.41) is 4.58. The highest BCUT2D eigenvalue weighted by molar-refractivity contribution is 9.13. The van der Waals surface area contributed by atoms with Gasteiger partial charge < -0.3 is 14.8 Å². The molecule has 0 saturated carbocycles. The van der Waals surface area contributed by atoms with E-state index in [0.29, 0.717) is 32.6 Å². The number of hydrogen-bond acceptors (Lipinski definition) is 4. The van der Waals surface area contributed by atoms with Crippen molar-refractivity contribution in [3.05, 3.63) is 26.3 Å². The lowest BCUT2D eigenvalue weighted by molar-refractivity contribution is -0.115. The molecule has 1 aliphatic heterocycles. The Morgan fingerprint density at radius 3 is 2.48 bits per heavy atom. The molecule has 0 aromatic heterocycles. The van der Waals surface area contributed by atoms with E-state index in [9.17, 15) is 9.59 Å². The summed E-state index contributed by atoms with van der Waals surface area (Å²) in [6.07, 6.45) is 1.55. The van der Waals surface area contributed by atoms with Crippen molar-refractivity contribution < 1.29 is 19.1 Å². The molecule has 8 heteroatoms. The van der Waals surface area contributed by atoms with Gasteiger partial charge in [-0.3, -0.25) is 10.1 Å². The van der Waals surface area contributed by atoms with E-state index in [4.69, 9.17) is 9.47 Å².